The Morgan fingerprint density at radius 3 is 2.58 bits per heavy atom. The first-order chi connectivity index (χ1) is 14.7. The fourth-order valence-corrected chi connectivity index (χ4v) is 4.76. The van der Waals surface area contributed by atoms with Gasteiger partial charge >= 0.3 is 0 Å². The highest BCUT2D eigenvalue weighted by atomic mass is 19.1. The molecule has 166 valence electrons. The van der Waals surface area contributed by atoms with Crippen LogP contribution in [0.1, 0.15) is 48.7 Å². The van der Waals surface area contributed by atoms with Gasteiger partial charge in [0.2, 0.25) is 0 Å². The average molecular weight is 432 g/mol. The Hall–Kier alpha value is -2.74. The highest BCUT2D eigenvalue weighted by Gasteiger charge is 2.58. The lowest BCUT2D eigenvalue weighted by atomic mass is 9.89. The maximum Gasteiger partial charge on any atom is 0.257 e. The van der Waals surface area contributed by atoms with E-state index in [9.17, 15) is 18.4 Å². The summed E-state index contributed by atoms with van der Waals surface area (Å²) in [5.74, 6) is -1.07. The van der Waals surface area contributed by atoms with Gasteiger partial charge in [-0.1, -0.05) is 6.58 Å². The van der Waals surface area contributed by atoms with Crippen molar-refractivity contribution in [2.45, 2.75) is 57.4 Å². The summed E-state index contributed by atoms with van der Waals surface area (Å²) in [7, 11) is 0. The first-order valence-electron chi connectivity index (χ1n) is 10.5. The van der Waals surface area contributed by atoms with Gasteiger partial charge in [-0.2, -0.15) is 0 Å². The zero-order valence-electron chi connectivity index (χ0n) is 17.7. The van der Waals surface area contributed by atoms with Crippen molar-refractivity contribution in [1.29, 1.82) is 0 Å². The first kappa shape index (κ1) is 21.5. The van der Waals surface area contributed by atoms with Crippen molar-refractivity contribution < 1.29 is 27.5 Å². The summed E-state index contributed by atoms with van der Waals surface area (Å²) in [6.07, 6.45) is 5.09. The molecule has 31 heavy (non-hydrogen) atoms. The van der Waals surface area contributed by atoms with Crippen LogP contribution in [0.5, 0.6) is 0 Å². The molecule has 3 fully saturated rings. The maximum atomic E-state index is 13.9. The highest BCUT2D eigenvalue weighted by molar-refractivity contribution is 5.95. The van der Waals surface area contributed by atoms with Crippen molar-refractivity contribution in [3.63, 3.8) is 0 Å². The third-order valence-electron chi connectivity index (χ3n) is 6.35. The third-order valence-corrected chi connectivity index (χ3v) is 6.35. The van der Waals surface area contributed by atoms with Crippen LogP contribution in [0.3, 0.4) is 0 Å². The summed E-state index contributed by atoms with van der Waals surface area (Å²) in [6, 6.07) is 1.27. The number of aryl methyl sites for hydroxylation is 1. The molecule has 3 saturated heterocycles. The number of nitrogens with zero attached hydrogens (tertiary/aromatic N) is 2. The van der Waals surface area contributed by atoms with Crippen LogP contribution < -0.4 is 0 Å². The summed E-state index contributed by atoms with van der Waals surface area (Å²) in [4.78, 5) is 29.4. The number of amides is 2. The maximum absolute atomic E-state index is 13.9. The van der Waals surface area contributed by atoms with Crippen molar-refractivity contribution in [1.82, 2.24) is 9.80 Å². The quantitative estimate of drug-likeness (QED) is 0.670. The fourth-order valence-electron chi connectivity index (χ4n) is 4.76. The molecule has 6 nitrogen and oxygen atoms in total. The number of allylic oxidation sites excluding steroid dienone is 3. The number of ether oxygens (including phenoxy) is 1. The van der Waals surface area contributed by atoms with Crippen LogP contribution in [0.4, 0.5) is 8.78 Å². The smallest absolute Gasteiger partial charge is 0.257 e. The van der Waals surface area contributed by atoms with Crippen molar-refractivity contribution >= 4 is 11.8 Å². The van der Waals surface area contributed by atoms with Gasteiger partial charge in [-0.05, 0) is 44.4 Å². The Bertz CT molecular complexity index is 968. The Labute approximate surface area is 179 Å². The minimum Gasteiger partial charge on any atom is -0.469 e. The van der Waals surface area contributed by atoms with E-state index in [0.717, 1.165) is 13.0 Å². The Morgan fingerprint density at radius 1 is 1.26 bits per heavy atom. The number of likely N-dealkylation sites (tertiary alicyclic amines) is 1. The Balaban J connectivity index is 1.45. The van der Waals surface area contributed by atoms with E-state index in [1.807, 2.05) is 0 Å². The van der Waals surface area contributed by atoms with E-state index >= 15 is 0 Å². The van der Waals surface area contributed by atoms with Crippen molar-refractivity contribution in [3.8, 4) is 0 Å². The lowest BCUT2D eigenvalue weighted by molar-refractivity contribution is -0.142. The van der Waals surface area contributed by atoms with Gasteiger partial charge in [-0.3, -0.25) is 9.59 Å². The number of fused-ring (bicyclic) bond motifs is 1. The van der Waals surface area contributed by atoms with E-state index in [1.165, 1.54) is 12.3 Å². The van der Waals surface area contributed by atoms with Gasteiger partial charge in [0.25, 0.3) is 11.8 Å². The number of hydrogen-bond acceptors (Lipinski definition) is 4. The van der Waals surface area contributed by atoms with Crippen molar-refractivity contribution in [2.75, 3.05) is 13.1 Å². The van der Waals surface area contributed by atoms with E-state index in [0.29, 0.717) is 55.7 Å². The first-order valence-corrected chi connectivity index (χ1v) is 10.5. The summed E-state index contributed by atoms with van der Waals surface area (Å²) < 4.78 is 38.3. The number of hydrogen-bond donors (Lipinski definition) is 0. The molecule has 0 aromatic carbocycles. The number of furan rings is 1. The molecule has 3 aliphatic rings. The van der Waals surface area contributed by atoms with Gasteiger partial charge in [-0.25, -0.2) is 8.78 Å². The molecular weight excluding hydrogens is 406 g/mol. The topological polar surface area (TPSA) is 63.0 Å². The summed E-state index contributed by atoms with van der Waals surface area (Å²) in [6.45, 7) is 7.61. The second-order valence-electron chi connectivity index (χ2n) is 8.39. The van der Waals surface area contributed by atoms with Gasteiger partial charge in [0.05, 0.1) is 23.7 Å². The van der Waals surface area contributed by atoms with Crippen LogP contribution in [0, 0.1) is 6.92 Å². The molecule has 4 heterocycles. The van der Waals surface area contributed by atoms with Crippen LogP contribution >= 0.6 is 0 Å². The molecular formula is C23H26F2N2O4. The molecule has 2 atom stereocenters. The molecule has 8 heteroatoms. The zero-order valence-corrected chi connectivity index (χ0v) is 17.7. The standard InChI is InChI=1S/C23H26F2N2O4/c1-14(12-17(25)13-15(2)24)19-4-5-20-27(19)22(29)23(31-20)7-9-26(10-8-23)21(28)18-6-11-30-16(18)3/h6,11-13,19-20H,1,4-5,7-10H2,2-3H3/b15-13+,17-12+/t19-,20+/m0/s1. The summed E-state index contributed by atoms with van der Waals surface area (Å²) >= 11 is 0. The van der Waals surface area contributed by atoms with E-state index in [2.05, 4.69) is 6.58 Å². The van der Waals surface area contributed by atoms with E-state index < -0.39 is 17.3 Å². The second-order valence-corrected chi connectivity index (χ2v) is 8.39. The predicted molar refractivity (Wildman–Crippen MR) is 109 cm³/mol. The van der Waals surface area contributed by atoms with Gasteiger partial charge < -0.3 is 19.0 Å². The fraction of sp³-hybridized carbons (Fsp3) is 0.478. The predicted octanol–water partition coefficient (Wildman–Crippen LogP) is 4.19. The molecule has 1 aromatic rings. The third kappa shape index (κ3) is 3.84. The molecule has 0 aliphatic carbocycles. The Kier molecular flexibility index (Phi) is 5.60. The van der Waals surface area contributed by atoms with E-state index in [1.54, 1.807) is 22.8 Å². The van der Waals surface area contributed by atoms with E-state index in [-0.39, 0.29) is 24.1 Å². The molecule has 2 amide bonds. The lowest BCUT2D eigenvalue weighted by Crippen LogP contribution is -2.52. The molecule has 3 aliphatic heterocycles. The average Bonchev–Trinajstić information content (AvgIpc) is 3.38. The van der Waals surface area contributed by atoms with Crippen LogP contribution in [0.15, 0.2) is 52.7 Å². The highest BCUT2D eigenvalue weighted by Crippen LogP contribution is 2.44. The Morgan fingerprint density at radius 2 is 1.97 bits per heavy atom. The summed E-state index contributed by atoms with van der Waals surface area (Å²) in [5.41, 5.74) is -0.0312. The minimum atomic E-state index is -0.969. The monoisotopic (exact) mass is 432 g/mol. The van der Waals surface area contributed by atoms with Crippen LogP contribution in [0.25, 0.3) is 0 Å². The largest absolute Gasteiger partial charge is 0.469 e. The minimum absolute atomic E-state index is 0.116. The van der Waals surface area contributed by atoms with Crippen LogP contribution in [0.2, 0.25) is 0 Å². The number of carbonyl (C=O) groups is 2. The lowest BCUT2D eigenvalue weighted by Gasteiger charge is -2.37. The van der Waals surface area contributed by atoms with Crippen molar-refractivity contribution in [3.05, 3.63) is 59.6 Å². The number of piperidine rings is 1. The van der Waals surface area contributed by atoms with Gasteiger partial charge in [-0.15, -0.1) is 0 Å². The molecule has 4 rings (SSSR count). The van der Waals surface area contributed by atoms with Gasteiger partial charge in [0, 0.05) is 32.0 Å². The molecule has 1 aromatic heterocycles. The molecule has 0 unspecified atom stereocenters. The number of halogens is 2. The van der Waals surface area contributed by atoms with Crippen molar-refractivity contribution in [2.24, 2.45) is 0 Å². The second kappa shape index (κ2) is 8.07. The molecule has 1 spiro atoms. The normalized spacial score (nSPS) is 26.0. The van der Waals surface area contributed by atoms with Gasteiger partial charge in [0.15, 0.2) is 5.60 Å². The van der Waals surface area contributed by atoms with Crippen LogP contribution in [-0.2, 0) is 9.53 Å². The van der Waals surface area contributed by atoms with Crippen LogP contribution in [-0.4, -0.2) is 52.6 Å². The SMILES string of the molecule is C=C(/C=C(F)\C=C(/C)F)[C@@H]1CC[C@H]2OC3(CCN(C(=O)c4ccoc4C)CC3)C(=O)N21. The molecule has 0 bridgehead atoms. The molecule has 0 N–H and O–H groups in total. The van der Waals surface area contributed by atoms with Gasteiger partial charge in [0.1, 0.15) is 17.8 Å². The number of rotatable bonds is 4. The molecule has 0 saturated carbocycles. The van der Waals surface area contributed by atoms with E-state index in [4.69, 9.17) is 9.15 Å². The zero-order chi connectivity index (χ0) is 22.3. The number of carbonyl (C=O) groups excluding carboxylic acids is 2. The summed E-state index contributed by atoms with van der Waals surface area (Å²) in [5, 5.41) is 0. The molecule has 0 radical (unpaired) electrons.